The van der Waals surface area contributed by atoms with Gasteiger partial charge in [0.25, 0.3) is 0 Å². The van der Waals surface area contributed by atoms with E-state index in [9.17, 15) is 30.6 Å². The van der Waals surface area contributed by atoms with Crippen LogP contribution in [0.15, 0.2) is 0 Å². The van der Waals surface area contributed by atoms with Crippen LogP contribution in [0.4, 0.5) is 0 Å². The third-order valence-electron chi connectivity index (χ3n) is 5.16. The third kappa shape index (κ3) is 9.42. The average Bonchev–Trinajstić information content (AvgIpc) is 2.73. The summed E-state index contributed by atoms with van der Waals surface area (Å²) in [5.41, 5.74) is 10.6. The summed E-state index contributed by atoms with van der Waals surface area (Å²) >= 11 is 0. The van der Waals surface area contributed by atoms with Crippen LogP contribution in [-0.2, 0) is 26.0 Å². The summed E-state index contributed by atoms with van der Waals surface area (Å²) < 4.78 is 10.6. The Balaban J connectivity index is 0.000000562. The number of ether oxygens (including phenoxy) is 2. The molecule has 0 bridgehead atoms. The molecular formula is C18H40N4NiO8+2. The van der Waals surface area contributed by atoms with E-state index in [1.807, 2.05) is 0 Å². The minimum Gasteiger partial charge on any atom is -0.388 e. The molecule has 13 heteroatoms. The van der Waals surface area contributed by atoms with Crippen molar-refractivity contribution in [1.82, 2.24) is 10.6 Å². The number of nitrogens with two attached hydrogens (primary N) is 2. The standard InChI is InChI=1S/2C9H20N2O4.Ni/c2*1-5-6(12)7(13)8(14)9(15-5)11-4-2-3-10;/h2*5-9,11-14H,2-4,10H2,1H3;/q;;+2. The van der Waals surface area contributed by atoms with Gasteiger partial charge in [-0.25, -0.2) is 0 Å². The van der Waals surface area contributed by atoms with Crippen LogP contribution in [0.5, 0.6) is 0 Å². The molecule has 0 spiro atoms. The van der Waals surface area contributed by atoms with Crippen LogP contribution < -0.4 is 22.1 Å². The molecule has 10 atom stereocenters. The van der Waals surface area contributed by atoms with Gasteiger partial charge in [0.15, 0.2) is 0 Å². The van der Waals surface area contributed by atoms with Crippen molar-refractivity contribution in [2.45, 2.75) is 88.0 Å². The Morgan fingerprint density at radius 3 is 1.23 bits per heavy atom. The van der Waals surface area contributed by atoms with E-state index in [4.69, 9.17) is 20.9 Å². The molecule has 0 amide bonds. The first-order chi connectivity index (χ1) is 14.1. The summed E-state index contributed by atoms with van der Waals surface area (Å²) in [5.74, 6) is 0. The summed E-state index contributed by atoms with van der Waals surface area (Å²) in [6.07, 6.45) is -7.46. The number of hydrogen-bond donors (Lipinski definition) is 10. The first-order valence-electron chi connectivity index (χ1n) is 10.4. The number of aliphatic hydroxyl groups excluding tert-OH is 6. The number of hydrogen-bond acceptors (Lipinski definition) is 12. The molecule has 0 radical (unpaired) electrons. The van der Waals surface area contributed by atoms with Gasteiger partial charge in [-0.2, -0.15) is 0 Å². The first kappa shape index (κ1) is 31.0. The van der Waals surface area contributed by atoms with Gasteiger partial charge in [0.1, 0.15) is 49.1 Å². The number of nitrogens with one attached hydrogen (secondary N) is 2. The fraction of sp³-hybridized carbons (Fsp3) is 1.00. The molecule has 0 aromatic rings. The van der Waals surface area contributed by atoms with Gasteiger partial charge in [-0.3, -0.25) is 10.6 Å². The second-order valence-corrected chi connectivity index (χ2v) is 7.66. The molecule has 2 aliphatic rings. The zero-order chi connectivity index (χ0) is 22.8. The molecule has 0 aliphatic carbocycles. The maximum absolute atomic E-state index is 9.60. The fourth-order valence-corrected chi connectivity index (χ4v) is 3.13. The molecule has 2 saturated heterocycles. The molecule has 10 unspecified atom stereocenters. The van der Waals surface area contributed by atoms with E-state index in [1.165, 1.54) is 0 Å². The summed E-state index contributed by atoms with van der Waals surface area (Å²) in [6.45, 7) is 5.61. The van der Waals surface area contributed by atoms with Gasteiger partial charge in [-0.05, 0) is 52.9 Å². The molecule has 31 heavy (non-hydrogen) atoms. The van der Waals surface area contributed by atoms with E-state index in [0.717, 1.165) is 12.8 Å². The molecule has 2 heterocycles. The van der Waals surface area contributed by atoms with Crippen molar-refractivity contribution in [2.24, 2.45) is 11.5 Å². The zero-order valence-electron chi connectivity index (χ0n) is 18.0. The van der Waals surface area contributed by atoms with Crippen molar-refractivity contribution in [3.63, 3.8) is 0 Å². The van der Waals surface area contributed by atoms with E-state index >= 15 is 0 Å². The van der Waals surface area contributed by atoms with E-state index in [-0.39, 0.29) is 16.5 Å². The SMILES string of the molecule is CC1OC(NCCCN)C(O)C(O)C1O.CC1OC(NCCCN)C(O)C(O)C1O.[Ni+2]. The summed E-state index contributed by atoms with van der Waals surface area (Å²) in [5, 5.41) is 62.9. The maximum atomic E-state index is 9.60. The molecule has 0 aromatic heterocycles. The minimum absolute atomic E-state index is 0. The largest absolute Gasteiger partial charge is 2.00 e. The maximum Gasteiger partial charge on any atom is 2.00 e. The molecule has 12 nitrogen and oxygen atoms in total. The van der Waals surface area contributed by atoms with E-state index in [2.05, 4.69) is 10.6 Å². The van der Waals surface area contributed by atoms with Gasteiger partial charge >= 0.3 is 16.5 Å². The van der Waals surface area contributed by atoms with Gasteiger partial charge in [-0.1, -0.05) is 0 Å². The Kier molecular flexibility index (Phi) is 15.8. The Hall–Kier alpha value is 0.0135. The molecule has 0 aromatic carbocycles. The van der Waals surface area contributed by atoms with Crippen LogP contribution in [0.2, 0.25) is 0 Å². The molecule has 2 rings (SSSR count). The third-order valence-corrected chi connectivity index (χ3v) is 5.16. The minimum atomic E-state index is -1.18. The van der Waals surface area contributed by atoms with E-state index < -0.39 is 61.3 Å². The van der Waals surface area contributed by atoms with Crippen molar-refractivity contribution in [1.29, 1.82) is 0 Å². The van der Waals surface area contributed by atoms with E-state index in [1.54, 1.807) is 13.8 Å². The predicted octanol–water partition coefficient (Wildman–Crippen LogP) is -4.50. The molecule has 12 N–H and O–H groups in total. The van der Waals surface area contributed by atoms with Crippen LogP contribution in [0.1, 0.15) is 26.7 Å². The Labute approximate surface area is 193 Å². The van der Waals surface area contributed by atoms with Gasteiger partial charge in [0.2, 0.25) is 0 Å². The van der Waals surface area contributed by atoms with Crippen molar-refractivity contribution in [2.75, 3.05) is 26.2 Å². The van der Waals surface area contributed by atoms with Gasteiger partial charge < -0.3 is 51.6 Å². The summed E-state index contributed by atoms with van der Waals surface area (Å²) in [4.78, 5) is 0. The van der Waals surface area contributed by atoms with Gasteiger partial charge in [-0.15, -0.1) is 0 Å². The van der Waals surface area contributed by atoms with Crippen LogP contribution in [-0.4, -0.2) is 118 Å². The normalized spacial score (nSPS) is 40.5. The van der Waals surface area contributed by atoms with Crippen LogP contribution in [0.3, 0.4) is 0 Å². The molecule has 0 saturated carbocycles. The first-order valence-corrected chi connectivity index (χ1v) is 10.4. The summed E-state index contributed by atoms with van der Waals surface area (Å²) in [6, 6.07) is 0. The quantitative estimate of drug-likeness (QED) is 0.113. The number of rotatable bonds is 8. The molecule has 2 fully saturated rings. The monoisotopic (exact) mass is 498 g/mol. The smallest absolute Gasteiger partial charge is 0.388 e. The van der Waals surface area contributed by atoms with Crippen molar-refractivity contribution < 1.29 is 56.6 Å². The molecule has 188 valence electrons. The van der Waals surface area contributed by atoms with Crippen molar-refractivity contribution in [3.8, 4) is 0 Å². The number of aliphatic hydroxyl groups is 6. The van der Waals surface area contributed by atoms with E-state index in [0.29, 0.717) is 26.2 Å². The van der Waals surface area contributed by atoms with Crippen LogP contribution in [0.25, 0.3) is 0 Å². The topological polar surface area (TPSA) is 216 Å². The van der Waals surface area contributed by atoms with Crippen LogP contribution >= 0.6 is 0 Å². The van der Waals surface area contributed by atoms with Crippen LogP contribution in [0, 0.1) is 0 Å². The second kappa shape index (κ2) is 15.8. The Morgan fingerprint density at radius 2 is 0.935 bits per heavy atom. The average molecular weight is 499 g/mol. The zero-order valence-corrected chi connectivity index (χ0v) is 19.0. The van der Waals surface area contributed by atoms with Crippen molar-refractivity contribution in [3.05, 3.63) is 0 Å². The molecular weight excluding hydrogens is 459 g/mol. The Bertz CT molecular complexity index is 432. The Morgan fingerprint density at radius 1 is 0.613 bits per heavy atom. The predicted molar refractivity (Wildman–Crippen MR) is 108 cm³/mol. The van der Waals surface area contributed by atoms with Gasteiger partial charge in [0.05, 0.1) is 12.2 Å². The molecule has 2 aliphatic heterocycles. The van der Waals surface area contributed by atoms with Crippen molar-refractivity contribution >= 4 is 0 Å². The second-order valence-electron chi connectivity index (χ2n) is 7.66. The van der Waals surface area contributed by atoms with Gasteiger partial charge in [0, 0.05) is 0 Å². The fourth-order valence-electron chi connectivity index (χ4n) is 3.13. The summed E-state index contributed by atoms with van der Waals surface area (Å²) in [7, 11) is 0.